The lowest BCUT2D eigenvalue weighted by molar-refractivity contribution is -0.118. The number of methoxy groups -OCH3 is 1. The third-order valence-corrected chi connectivity index (χ3v) is 5.43. The van der Waals surface area contributed by atoms with Gasteiger partial charge in [-0.2, -0.15) is 0 Å². The van der Waals surface area contributed by atoms with Crippen molar-refractivity contribution in [3.05, 3.63) is 64.4 Å². The summed E-state index contributed by atoms with van der Waals surface area (Å²) in [5.41, 5.74) is 18.2. The Kier molecular flexibility index (Phi) is 16.6. The summed E-state index contributed by atoms with van der Waals surface area (Å²) in [6.45, 7) is 13.2. The third-order valence-electron chi connectivity index (χ3n) is 4.64. The van der Waals surface area contributed by atoms with Gasteiger partial charge in [-0.05, 0) is 32.3 Å². The van der Waals surface area contributed by atoms with Crippen LogP contribution in [0.4, 0.5) is 0 Å². The van der Waals surface area contributed by atoms with Gasteiger partial charge in [-0.15, -0.1) is 0 Å². The van der Waals surface area contributed by atoms with E-state index in [-0.39, 0.29) is 16.8 Å². The van der Waals surface area contributed by atoms with Crippen molar-refractivity contribution in [2.75, 3.05) is 26.0 Å². The molecule has 0 aliphatic carbocycles. The number of nitrogens with zero attached hydrogens (tertiary/aromatic N) is 1. The lowest BCUT2D eigenvalue weighted by Crippen LogP contribution is -2.29. The monoisotopic (exact) mass is 474 g/mol. The number of benzene rings is 1. The minimum absolute atomic E-state index is 0.122. The van der Waals surface area contributed by atoms with Crippen molar-refractivity contribution in [3.63, 3.8) is 0 Å². The molecular formula is C26H42N4O2S. The van der Waals surface area contributed by atoms with Crippen molar-refractivity contribution >= 4 is 28.5 Å². The Balaban J connectivity index is 0.00000497. The van der Waals surface area contributed by atoms with Gasteiger partial charge in [-0.25, -0.2) is 4.99 Å². The van der Waals surface area contributed by atoms with Crippen molar-refractivity contribution in [2.24, 2.45) is 16.5 Å². The molecule has 0 spiro atoms. The fourth-order valence-corrected chi connectivity index (χ4v) is 3.06. The molecule has 7 heteroatoms. The van der Waals surface area contributed by atoms with Gasteiger partial charge in [-0.1, -0.05) is 87.0 Å². The molecule has 0 bridgehead atoms. The van der Waals surface area contributed by atoms with Gasteiger partial charge in [0.05, 0.1) is 23.8 Å². The minimum Gasteiger partial charge on any atom is -0.397 e. The van der Waals surface area contributed by atoms with Crippen LogP contribution in [0.25, 0.3) is 5.70 Å². The maximum Gasteiger partial charge on any atom is 0.230 e. The van der Waals surface area contributed by atoms with E-state index >= 15 is 0 Å². The molecule has 184 valence electrons. The van der Waals surface area contributed by atoms with Gasteiger partial charge >= 0.3 is 0 Å². The summed E-state index contributed by atoms with van der Waals surface area (Å²) in [5, 5.41) is 3.05. The van der Waals surface area contributed by atoms with Crippen LogP contribution in [0.1, 0.15) is 58.6 Å². The Morgan fingerprint density at radius 3 is 2.30 bits per heavy atom. The van der Waals surface area contributed by atoms with Crippen LogP contribution in [0.15, 0.2) is 58.3 Å². The fourth-order valence-electron chi connectivity index (χ4n) is 2.53. The first-order valence-corrected chi connectivity index (χ1v) is 12.5. The summed E-state index contributed by atoms with van der Waals surface area (Å²) in [4.78, 5) is 16.5. The number of amidine groups is 1. The molecule has 1 amide bonds. The topological polar surface area (TPSA) is 103 Å². The number of aliphatic imine (C=N–C) groups is 1. The molecule has 0 fully saturated rings. The Bertz CT molecular complexity index is 840. The number of nitrogens with one attached hydrogen (secondary N) is 1. The average Bonchev–Trinajstić information content (AvgIpc) is 2.83. The van der Waals surface area contributed by atoms with Gasteiger partial charge in [0.15, 0.2) is 5.17 Å². The van der Waals surface area contributed by atoms with Crippen LogP contribution in [-0.4, -0.2) is 37.1 Å². The summed E-state index contributed by atoms with van der Waals surface area (Å²) in [6.07, 6.45) is 5.88. The Morgan fingerprint density at radius 1 is 1.12 bits per heavy atom. The van der Waals surface area contributed by atoms with E-state index in [1.807, 2.05) is 51.1 Å². The summed E-state index contributed by atoms with van der Waals surface area (Å²) >= 11 is 1.18. The van der Waals surface area contributed by atoms with E-state index in [2.05, 4.69) is 37.2 Å². The van der Waals surface area contributed by atoms with E-state index in [1.165, 1.54) is 17.3 Å². The van der Waals surface area contributed by atoms with Gasteiger partial charge in [0.1, 0.15) is 0 Å². The predicted octanol–water partition coefficient (Wildman–Crippen LogP) is 5.15. The summed E-state index contributed by atoms with van der Waals surface area (Å²) < 4.78 is 4.93. The predicted molar refractivity (Wildman–Crippen MR) is 145 cm³/mol. The highest BCUT2D eigenvalue weighted by Crippen LogP contribution is 2.25. The highest BCUT2D eigenvalue weighted by atomic mass is 32.2. The SMILES string of the molecule is CC.CC\C(C)=C/C=C(CC)/C(N)=C(/N=C(N)SCC(=O)NCCOC)c1ccc(C)cc1. The Hall–Kier alpha value is -2.51. The van der Waals surface area contributed by atoms with Gasteiger partial charge in [0.2, 0.25) is 5.91 Å². The number of thioether (sulfide) groups is 1. The molecule has 0 atom stereocenters. The zero-order valence-electron chi connectivity index (χ0n) is 21.3. The number of ether oxygens (including phenoxy) is 1. The second-order valence-corrected chi connectivity index (χ2v) is 8.12. The van der Waals surface area contributed by atoms with Crippen LogP contribution in [-0.2, 0) is 9.53 Å². The lowest BCUT2D eigenvalue weighted by Gasteiger charge is -2.12. The van der Waals surface area contributed by atoms with Crippen molar-refractivity contribution < 1.29 is 9.53 Å². The quantitative estimate of drug-likeness (QED) is 0.178. The molecular weight excluding hydrogens is 432 g/mol. The minimum atomic E-state index is -0.122. The molecule has 0 unspecified atom stereocenters. The molecule has 0 aliphatic rings. The molecule has 1 aromatic carbocycles. The number of hydrogen-bond acceptors (Lipinski definition) is 5. The first kappa shape index (κ1) is 30.5. The number of hydrogen-bond donors (Lipinski definition) is 3. The molecule has 1 aromatic rings. The molecule has 1 rings (SSSR count). The maximum atomic E-state index is 11.9. The molecule has 0 heterocycles. The van der Waals surface area contributed by atoms with Crippen LogP contribution in [0.5, 0.6) is 0 Å². The largest absolute Gasteiger partial charge is 0.397 e. The van der Waals surface area contributed by atoms with E-state index in [0.29, 0.717) is 24.5 Å². The smallest absolute Gasteiger partial charge is 0.230 e. The van der Waals surface area contributed by atoms with Gasteiger partial charge in [0.25, 0.3) is 0 Å². The summed E-state index contributed by atoms with van der Waals surface area (Å²) in [5.74, 6) is 0.0537. The maximum absolute atomic E-state index is 11.9. The van der Waals surface area contributed by atoms with E-state index in [1.54, 1.807) is 7.11 Å². The highest BCUT2D eigenvalue weighted by Gasteiger charge is 2.11. The van der Waals surface area contributed by atoms with Crippen LogP contribution >= 0.6 is 11.8 Å². The number of allylic oxidation sites excluding steroid dienone is 4. The second kappa shape index (κ2) is 18.0. The van der Waals surface area contributed by atoms with Crippen LogP contribution in [0, 0.1) is 6.92 Å². The lowest BCUT2D eigenvalue weighted by atomic mass is 10.0. The number of nitrogens with two attached hydrogens (primary N) is 2. The van der Waals surface area contributed by atoms with Crippen LogP contribution < -0.4 is 16.8 Å². The molecule has 0 saturated heterocycles. The third kappa shape index (κ3) is 12.3. The Morgan fingerprint density at radius 2 is 1.76 bits per heavy atom. The zero-order valence-corrected chi connectivity index (χ0v) is 22.1. The number of aryl methyl sites for hydroxylation is 1. The first-order chi connectivity index (χ1) is 15.8. The molecule has 0 radical (unpaired) electrons. The molecule has 6 nitrogen and oxygen atoms in total. The molecule has 5 N–H and O–H groups in total. The Labute approximate surface area is 204 Å². The van der Waals surface area contributed by atoms with Crippen LogP contribution in [0.3, 0.4) is 0 Å². The summed E-state index contributed by atoms with van der Waals surface area (Å²) in [6, 6.07) is 8.00. The van der Waals surface area contributed by atoms with Crippen molar-refractivity contribution in [1.82, 2.24) is 5.32 Å². The van der Waals surface area contributed by atoms with Crippen molar-refractivity contribution in [2.45, 2.75) is 54.4 Å². The van der Waals surface area contributed by atoms with Gasteiger partial charge in [0, 0.05) is 19.2 Å². The summed E-state index contributed by atoms with van der Waals surface area (Å²) in [7, 11) is 1.59. The van der Waals surface area contributed by atoms with E-state index < -0.39 is 0 Å². The molecule has 0 saturated carbocycles. The van der Waals surface area contributed by atoms with Crippen molar-refractivity contribution in [3.8, 4) is 0 Å². The van der Waals surface area contributed by atoms with Gasteiger partial charge in [-0.3, -0.25) is 4.79 Å². The first-order valence-electron chi connectivity index (χ1n) is 11.5. The fraction of sp³-hybridized carbons (Fsp3) is 0.462. The zero-order chi connectivity index (χ0) is 25.2. The van der Waals surface area contributed by atoms with E-state index in [9.17, 15) is 4.79 Å². The number of carbonyl (C=O) groups is 1. The average molecular weight is 475 g/mol. The second-order valence-electron chi connectivity index (χ2n) is 7.12. The molecule has 0 aliphatic heterocycles. The number of rotatable bonds is 11. The normalized spacial score (nSPS) is 13.1. The number of carbonyl (C=O) groups excluding carboxylic acids is 1. The van der Waals surface area contributed by atoms with Gasteiger partial charge < -0.3 is 21.5 Å². The van der Waals surface area contributed by atoms with E-state index in [0.717, 1.165) is 29.5 Å². The number of amides is 1. The molecule has 0 aromatic heterocycles. The molecule has 33 heavy (non-hydrogen) atoms. The standard InChI is InChI=1S/C24H36N4O2S.C2H6/c1-6-17(3)8-11-19(7-2)22(25)23(20-12-9-18(4)10-13-20)28-24(26)31-16-21(29)27-14-15-30-5;1-2/h8-13H,6-7,14-16,25H2,1-5H3,(H2,26,28)(H,27,29);1-2H3/b17-8-,19-11+,23-22-;. The van der Waals surface area contributed by atoms with E-state index in [4.69, 9.17) is 16.2 Å². The van der Waals surface area contributed by atoms with Crippen molar-refractivity contribution in [1.29, 1.82) is 0 Å². The van der Waals surface area contributed by atoms with Crippen LogP contribution in [0.2, 0.25) is 0 Å². The highest BCUT2D eigenvalue weighted by molar-refractivity contribution is 8.14.